The van der Waals surface area contributed by atoms with Crippen LogP contribution in [0, 0.1) is 19.3 Å². The number of benzene rings is 1. The summed E-state index contributed by atoms with van der Waals surface area (Å²) in [5.74, 6) is 2.06. The highest BCUT2D eigenvalue weighted by Gasteiger charge is 2.34. The highest BCUT2D eigenvalue weighted by atomic mass is 15.3. The van der Waals surface area contributed by atoms with Gasteiger partial charge in [0, 0.05) is 18.7 Å². The second-order valence-electron chi connectivity index (χ2n) is 7.03. The van der Waals surface area contributed by atoms with Crippen molar-refractivity contribution in [3.05, 3.63) is 35.2 Å². The third-order valence-electron chi connectivity index (χ3n) is 4.43. The molecular weight excluding hydrogens is 260 g/mol. The summed E-state index contributed by atoms with van der Waals surface area (Å²) in [7, 11) is 0. The molecule has 21 heavy (non-hydrogen) atoms. The third kappa shape index (κ3) is 2.38. The van der Waals surface area contributed by atoms with Crippen molar-refractivity contribution in [3.8, 4) is 11.4 Å². The minimum absolute atomic E-state index is 0.129. The molecule has 1 aromatic carbocycles. The van der Waals surface area contributed by atoms with Gasteiger partial charge >= 0.3 is 0 Å². The van der Waals surface area contributed by atoms with Crippen molar-refractivity contribution in [1.29, 1.82) is 0 Å². The fraction of sp³-hybridized carbons (Fsp3) is 0.529. The molecule has 1 aliphatic heterocycles. The summed E-state index contributed by atoms with van der Waals surface area (Å²) in [5, 5.41) is 12.6. The largest absolute Gasteiger partial charge is 0.308 e. The van der Waals surface area contributed by atoms with Crippen molar-refractivity contribution in [1.82, 2.24) is 20.1 Å². The van der Waals surface area contributed by atoms with Crippen molar-refractivity contribution in [2.24, 2.45) is 5.41 Å². The molecule has 3 rings (SSSR count). The fourth-order valence-electron chi connectivity index (χ4n) is 3.05. The Hall–Kier alpha value is -1.68. The number of aromatic nitrogens is 3. The molecule has 0 saturated carbocycles. The number of nitrogens with one attached hydrogen (secondary N) is 1. The Morgan fingerprint density at radius 3 is 2.67 bits per heavy atom. The van der Waals surface area contributed by atoms with E-state index in [0.29, 0.717) is 0 Å². The average molecular weight is 284 g/mol. The minimum Gasteiger partial charge on any atom is -0.308 e. The summed E-state index contributed by atoms with van der Waals surface area (Å²) < 4.78 is 2.29. The van der Waals surface area contributed by atoms with Crippen molar-refractivity contribution in [2.75, 3.05) is 6.54 Å². The average Bonchev–Trinajstić information content (AvgIpc) is 2.84. The van der Waals surface area contributed by atoms with Crippen LogP contribution in [0.15, 0.2) is 18.2 Å². The first kappa shape index (κ1) is 14.3. The van der Waals surface area contributed by atoms with Gasteiger partial charge in [0.25, 0.3) is 0 Å². The molecule has 1 aromatic heterocycles. The second kappa shape index (κ2) is 4.95. The fourth-order valence-corrected chi connectivity index (χ4v) is 3.05. The molecule has 1 aliphatic rings. The minimum atomic E-state index is 0.129. The standard InChI is InChI=1S/C17H24N4/c1-11-7-6-8-13(12(11)2)15-19-20-16-14(17(3,4)5)18-9-10-21(15)16/h6-8,14,18H,9-10H2,1-5H3. The Morgan fingerprint density at radius 1 is 1.19 bits per heavy atom. The maximum absolute atomic E-state index is 4.51. The first-order valence-corrected chi connectivity index (χ1v) is 7.62. The molecule has 1 atom stereocenters. The number of hydrogen-bond donors (Lipinski definition) is 1. The van der Waals surface area contributed by atoms with E-state index >= 15 is 0 Å². The SMILES string of the molecule is Cc1cccc(-c2nnc3n2CCNC3C(C)(C)C)c1C. The normalized spacial score (nSPS) is 18.6. The van der Waals surface area contributed by atoms with Crippen LogP contribution >= 0.6 is 0 Å². The first-order chi connectivity index (χ1) is 9.89. The molecule has 0 bridgehead atoms. The van der Waals surface area contributed by atoms with E-state index in [2.05, 4.69) is 72.9 Å². The zero-order valence-electron chi connectivity index (χ0n) is 13.6. The first-order valence-electron chi connectivity index (χ1n) is 7.62. The number of aryl methyl sites for hydroxylation is 1. The van der Waals surface area contributed by atoms with Gasteiger partial charge < -0.3 is 9.88 Å². The smallest absolute Gasteiger partial charge is 0.164 e. The van der Waals surface area contributed by atoms with Crippen molar-refractivity contribution < 1.29 is 0 Å². The summed E-state index contributed by atoms with van der Waals surface area (Å²) >= 11 is 0. The second-order valence-corrected chi connectivity index (χ2v) is 7.03. The lowest BCUT2D eigenvalue weighted by atomic mass is 9.85. The molecule has 1 unspecified atom stereocenters. The molecule has 112 valence electrons. The molecule has 1 N–H and O–H groups in total. The summed E-state index contributed by atoms with van der Waals surface area (Å²) in [6.45, 7) is 12.9. The molecule has 0 saturated heterocycles. The molecule has 0 spiro atoms. The molecule has 2 heterocycles. The van der Waals surface area contributed by atoms with Gasteiger partial charge in [-0.2, -0.15) is 0 Å². The van der Waals surface area contributed by atoms with Gasteiger partial charge in [0.2, 0.25) is 0 Å². The highest BCUT2D eigenvalue weighted by molar-refractivity contribution is 5.62. The summed E-state index contributed by atoms with van der Waals surface area (Å²) in [4.78, 5) is 0. The summed E-state index contributed by atoms with van der Waals surface area (Å²) in [6, 6.07) is 6.64. The van der Waals surface area contributed by atoms with Crippen LogP contribution in [0.5, 0.6) is 0 Å². The van der Waals surface area contributed by atoms with Gasteiger partial charge in [0.1, 0.15) is 0 Å². The maximum atomic E-state index is 4.51. The van der Waals surface area contributed by atoms with E-state index < -0.39 is 0 Å². The Balaban J connectivity index is 2.12. The summed E-state index contributed by atoms with van der Waals surface area (Å²) in [5.41, 5.74) is 3.91. The van der Waals surface area contributed by atoms with E-state index in [1.807, 2.05) is 0 Å². The monoisotopic (exact) mass is 284 g/mol. The van der Waals surface area contributed by atoms with Gasteiger partial charge in [-0.05, 0) is 30.4 Å². The van der Waals surface area contributed by atoms with E-state index in [-0.39, 0.29) is 11.5 Å². The van der Waals surface area contributed by atoms with E-state index in [4.69, 9.17) is 0 Å². The van der Waals surface area contributed by atoms with E-state index in [9.17, 15) is 0 Å². The zero-order valence-corrected chi connectivity index (χ0v) is 13.6. The third-order valence-corrected chi connectivity index (χ3v) is 4.43. The Bertz CT molecular complexity index is 664. The van der Waals surface area contributed by atoms with Crippen LogP contribution in [0.1, 0.15) is 43.8 Å². The van der Waals surface area contributed by atoms with Gasteiger partial charge in [-0.3, -0.25) is 0 Å². The van der Waals surface area contributed by atoms with Gasteiger partial charge in [0.15, 0.2) is 11.6 Å². The van der Waals surface area contributed by atoms with Gasteiger partial charge in [-0.25, -0.2) is 0 Å². The molecule has 2 aromatic rings. The van der Waals surface area contributed by atoms with Gasteiger partial charge in [-0.1, -0.05) is 39.0 Å². The van der Waals surface area contributed by atoms with Crippen molar-refractivity contribution in [2.45, 2.75) is 47.2 Å². The predicted octanol–water partition coefficient (Wildman–Crippen LogP) is 3.25. The molecular formula is C17H24N4. The highest BCUT2D eigenvalue weighted by Crippen LogP contribution is 2.35. The van der Waals surface area contributed by atoms with Crippen LogP contribution in [0.3, 0.4) is 0 Å². The molecule has 0 fully saturated rings. The van der Waals surface area contributed by atoms with Crippen LogP contribution in [0.25, 0.3) is 11.4 Å². The molecule has 0 amide bonds. The quantitative estimate of drug-likeness (QED) is 0.874. The Morgan fingerprint density at radius 2 is 1.95 bits per heavy atom. The number of nitrogens with zero attached hydrogens (tertiary/aromatic N) is 3. The Labute approximate surface area is 126 Å². The van der Waals surface area contributed by atoms with E-state index in [1.54, 1.807) is 0 Å². The van der Waals surface area contributed by atoms with Crippen LogP contribution in [0.4, 0.5) is 0 Å². The molecule has 0 radical (unpaired) electrons. The maximum Gasteiger partial charge on any atom is 0.164 e. The van der Waals surface area contributed by atoms with Gasteiger partial charge in [-0.15, -0.1) is 10.2 Å². The van der Waals surface area contributed by atoms with E-state index in [0.717, 1.165) is 24.7 Å². The van der Waals surface area contributed by atoms with Crippen molar-refractivity contribution >= 4 is 0 Å². The Kier molecular flexibility index (Phi) is 3.36. The molecule has 4 nitrogen and oxygen atoms in total. The van der Waals surface area contributed by atoms with Crippen LogP contribution in [-0.2, 0) is 6.54 Å². The van der Waals surface area contributed by atoms with Crippen LogP contribution in [0.2, 0.25) is 0 Å². The topological polar surface area (TPSA) is 42.7 Å². The van der Waals surface area contributed by atoms with Crippen LogP contribution in [-0.4, -0.2) is 21.3 Å². The van der Waals surface area contributed by atoms with Crippen LogP contribution < -0.4 is 5.32 Å². The van der Waals surface area contributed by atoms with Gasteiger partial charge in [0.05, 0.1) is 6.04 Å². The zero-order chi connectivity index (χ0) is 15.2. The molecule has 0 aliphatic carbocycles. The number of fused-ring (bicyclic) bond motifs is 1. The van der Waals surface area contributed by atoms with E-state index in [1.165, 1.54) is 16.7 Å². The predicted molar refractivity (Wildman–Crippen MR) is 85.1 cm³/mol. The lowest BCUT2D eigenvalue weighted by Crippen LogP contribution is -2.40. The lowest BCUT2D eigenvalue weighted by molar-refractivity contribution is 0.234. The lowest BCUT2D eigenvalue weighted by Gasteiger charge is -2.34. The summed E-state index contributed by atoms with van der Waals surface area (Å²) in [6.07, 6.45) is 0. The molecule has 4 heteroatoms. The number of rotatable bonds is 1. The number of hydrogen-bond acceptors (Lipinski definition) is 3. The van der Waals surface area contributed by atoms with Crippen molar-refractivity contribution in [3.63, 3.8) is 0 Å².